The Morgan fingerprint density at radius 3 is 2.62 bits per heavy atom. The second-order valence-corrected chi connectivity index (χ2v) is 8.38. The number of carbonyl (C=O) groups excluding carboxylic acids is 1. The number of aryl methyl sites for hydroxylation is 1. The number of aromatic nitrogens is 2. The molecule has 0 fully saturated rings. The Hall–Kier alpha value is -1.89. The van der Waals surface area contributed by atoms with Crippen molar-refractivity contribution in [2.75, 3.05) is 5.32 Å². The van der Waals surface area contributed by atoms with Crippen LogP contribution < -0.4 is 5.32 Å². The van der Waals surface area contributed by atoms with Crippen molar-refractivity contribution in [2.45, 2.75) is 30.4 Å². The van der Waals surface area contributed by atoms with Gasteiger partial charge in [0.25, 0.3) is 0 Å². The number of amides is 1. The quantitative estimate of drug-likeness (QED) is 0.538. The summed E-state index contributed by atoms with van der Waals surface area (Å²) in [6.07, 6.45) is 0.711. The minimum atomic E-state index is -0.206. The van der Waals surface area contributed by atoms with Crippen LogP contribution in [0.1, 0.15) is 18.9 Å². The largest absolute Gasteiger partial charge is 0.300 e. The molecule has 1 N–H and O–H groups in total. The maximum atomic E-state index is 12.6. The lowest BCUT2D eigenvalue weighted by Crippen LogP contribution is -2.24. The molecule has 26 heavy (non-hydrogen) atoms. The smallest absolute Gasteiger partial charge is 0.239 e. The molecule has 0 spiro atoms. The average Bonchev–Trinajstić information content (AvgIpc) is 3.09. The zero-order chi connectivity index (χ0) is 18.5. The first-order chi connectivity index (χ1) is 12.6. The van der Waals surface area contributed by atoms with Crippen molar-refractivity contribution >= 4 is 45.7 Å². The van der Waals surface area contributed by atoms with Crippen LogP contribution in [0, 0.1) is 6.92 Å². The van der Waals surface area contributed by atoms with E-state index in [1.54, 1.807) is 0 Å². The van der Waals surface area contributed by atoms with E-state index in [4.69, 9.17) is 11.6 Å². The molecule has 0 aliphatic heterocycles. The van der Waals surface area contributed by atoms with Crippen LogP contribution in [0.15, 0.2) is 53.4 Å². The van der Waals surface area contributed by atoms with Crippen LogP contribution in [0.25, 0.3) is 10.6 Å². The molecule has 0 aliphatic carbocycles. The first kappa shape index (κ1) is 18.9. The Kier molecular flexibility index (Phi) is 6.29. The molecule has 7 heteroatoms. The van der Waals surface area contributed by atoms with Crippen molar-refractivity contribution in [3.8, 4) is 10.6 Å². The number of hydrogen-bond donors (Lipinski definition) is 1. The van der Waals surface area contributed by atoms with Gasteiger partial charge in [-0.1, -0.05) is 54.1 Å². The molecule has 4 nitrogen and oxygen atoms in total. The molecule has 1 unspecified atom stereocenters. The van der Waals surface area contributed by atoms with Crippen LogP contribution in [0.3, 0.4) is 0 Å². The van der Waals surface area contributed by atoms with Gasteiger partial charge in [0.1, 0.15) is 5.01 Å². The third-order valence-electron chi connectivity index (χ3n) is 3.79. The van der Waals surface area contributed by atoms with Gasteiger partial charge in [-0.05, 0) is 43.2 Å². The van der Waals surface area contributed by atoms with Crippen LogP contribution in [0.5, 0.6) is 0 Å². The topological polar surface area (TPSA) is 54.9 Å². The van der Waals surface area contributed by atoms with Gasteiger partial charge in [-0.25, -0.2) is 0 Å². The van der Waals surface area contributed by atoms with Crippen molar-refractivity contribution in [1.82, 2.24) is 10.2 Å². The molecule has 0 bridgehead atoms. The molecule has 0 aliphatic rings. The number of rotatable bonds is 6. The van der Waals surface area contributed by atoms with Gasteiger partial charge >= 0.3 is 0 Å². The van der Waals surface area contributed by atoms with Gasteiger partial charge in [0.05, 0.1) is 5.25 Å². The van der Waals surface area contributed by atoms with Crippen molar-refractivity contribution in [1.29, 1.82) is 0 Å². The number of anilines is 1. The Balaban J connectivity index is 1.68. The zero-order valence-electron chi connectivity index (χ0n) is 14.4. The molecule has 134 valence electrons. The summed E-state index contributed by atoms with van der Waals surface area (Å²) >= 11 is 8.81. The van der Waals surface area contributed by atoms with Gasteiger partial charge < -0.3 is 0 Å². The Bertz CT molecular complexity index is 896. The number of thioether (sulfide) groups is 1. The van der Waals surface area contributed by atoms with Gasteiger partial charge in [-0.15, -0.1) is 22.0 Å². The van der Waals surface area contributed by atoms with Crippen molar-refractivity contribution in [3.05, 3.63) is 59.1 Å². The van der Waals surface area contributed by atoms with Crippen molar-refractivity contribution in [2.24, 2.45) is 0 Å². The molecular formula is C19H18ClN3OS2. The van der Waals surface area contributed by atoms with E-state index in [9.17, 15) is 4.79 Å². The summed E-state index contributed by atoms with van der Waals surface area (Å²) in [5.41, 5.74) is 2.17. The number of nitrogens with one attached hydrogen (secondary N) is 1. The fourth-order valence-corrected chi connectivity index (χ4v) is 4.30. The fraction of sp³-hybridized carbons (Fsp3) is 0.211. The summed E-state index contributed by atoms with van der Waals surface area (Å²) in [5.74, 6) is -0.0695. The second-order valence-electron chi connectivity index (χ2n) is 5.69. The standard InChI is InChI=1S/C19H18ClN3OS2/c1-3-16(25-14-10-8-13(20)9-11-14)17(24)21-19-23-22-18(26-19)15-7-5-4-6-12(15)2/h4-11,16H,3H2,1-2H3,(H,21,23,24). The Morgan fingerprint density at radius 2 is 1.92 bits per heavy atom. The van der Waals surface area contributed by atoms with Crippen LogP contribution in [-0.4, -0.2) is 21.4 Å². The van der Waals surface area contributed by atoms with Gasteiger partial charge in [0, 0.05) is 15.5 Å². The Morgan fingerprint density at radius 1 is 1.19 bits per heavy atom. The fourth-order valence-electron chi connectivity index (χ4n) is 2.38. The molecule has 1 amide bonds. The maximum absolute atomic E-state index is 12.6. The van der Waals surface area contributed by atoms with Gasteiger partial charge in [-0.3, -0.25) is 10.1 Å². The maximum Gasteiger partial charge on any atom is 0.239 e. The highest BCUT2D eigenvalue weighted by Gasteiger charge is 2.20. The van der Waals surface area contributed by atoms with E-state index in [2.05, 4.69) is 15.5 Å². The van der Waals surface area contributed by atoms with Crippen LogP contribution in [-0.2, 0) is 4.79 Å². The van der Waals surface area contributed by atoms with Gasteiger partial charge in [0.15, 0.2) is 0 Å². The molecule has 2 aromatic carbocycles. The van der Waals surface area contributed by atoms with Crippen LogP contribution >= 0.6 is 34.7 Å². The molecule has 1 atom stereocenters. The monoisotopic (exact) mass is 403 g/mol. The number of benzene rings is 2. The van der Waals surface area contributed by atoms with E-state index in [1.165, 1.54) is 23.1 Å². The SMILES string of the molecule is CCC(Sc1ccc(Cl)cc1)C(=O)Nc1nnc(-c2ccccc2C)s1. The number of halogens is 1. The zero-order valence-corrected chi connectivity index (χ0v) is 16.8. The summed E-state index contributed by atoms with van der Waals surface area (Å²) in [4.78, 5) is 13.6. The predicted molar refractivity (Wildman–Crippen MR) is 110 cm³/mol. The molecule has 1 aromatic heterocycles. The summed E-state index contributed by atoms with van der Waals surface area (Å²) in [5, 5.41) is 13.0. The van der Waals surface area contributed by atoms with Gasteiger partial charge in [-0.2, -0.15) is 0 Å². The van der Waals surface area contributed by atoms with E-state index < -0.39 is 0 Å². The molecule has 0 saturated heterocycles. The number of nitrogens with zero attached hydrogens (tertiary/aromatic N) is 2. The normalized spacial score (nSPS) is 12.0. The van der Waals surface area contributed by atoms with Gasteiger partial charge in [0.2, 0.25) is 11.0 Å². The third-order valence-corrected chi connectivity index (χ3v) is 6.29. The molecular weight excluding hydrogens is 386 g/mol. The first-order valence-corrected chi connectivity index (χ1v) is 10.3. The minimum Gasteiger partial charge on any atom is -0.300 e. The van der Waals surface area contributed by atoms with E-state index in [0.29, 0.717) is 16.6 Å². The highest BCUT2D eigenvalue weighted by atomic mass is 35.5. The lowest BCUT2D eigenvalue weighted by atomic mass is 10.1. The highest BCUT2D eigenvalue weighted by molar-refractivity contribution is 8.00. The van der Waals surface area contributed by atoms with E-state index in [-0.39, 0.29) is 11.2 Å². The summed E-state index contributed by atoms with van der Waals surface area (Å²) in [7, 11) is 0. The van der Waals surface area contributed by atoms with Crippen LogP contribution in [0.4, 0.5) is 5.13 Å². The highest BCUT2D eigenvalue weighted by Crippen LogP contribution is 2.31. The van der Waals surface area contributed by atoms with Crippen molar-refractivity contribution < 1.29 is 4.79 Å². The van der Waals surface area contributed by atoms with Crippen molar-refractivity contribution in [3.63, 3.8) is 0 Å². The average molecular weight is 404 g/mol. The molecule has 0 saturated carbocycles. The summed E-state index contributed by atoms with van der Waals surface area (Å²) < 4.78 is 0. The van der Waals surface area contributed by atoms with E-state index in [0.717, 1.165) is 21.0 Å². The lowest BCUT2D eigenvalue weighted by Gasteiger charge is -2.13. The molecule has 3 rings (SSSR count). The predicted octanol–water partition coefficient (Wildman–Crippen LogP) is 5.68. The Labute approximate surface area is 166 Å². The van der Waals surface area contributed by atoms with E-state index in [1.807, 2.05) is 62.4 Å². The second kappa shape index (κ2) is 8.66. The summed E-state index contributed by atoms with van der Waals surface area (Å²) in [6, 6.07) is 15.5. The number of hydrogen-bond acceptors (Lipinski definition) is 5. The molecule has 1 heterocycles. The number of carbonyl (C=O) groups is 1. The molecule has 3 aromatic rings. The first-order valence-electron chi connectivity index (χ1n) is 8.19. The minimum absolute atomic E-state index is 0.0695. The van der Waals surface area contributed by atoms with E-state index >= 15 is 0 Å². The molecule has 0 radical (unpaired) electrons. The van der Waals surface area contributed by atoms with Crippen LogP contribution in [0.2, 0.25) is 5.02 Å². The lowest BCUT2D eigenvalue weighted by molar-refractivity contribution is -0.115. The third kappa shape index (κ3) is 4.63. The summed E-state index contributed by atoms with van der Waals surface area (Å²) in [6.45, 7) is 4.02.